The Kier molecular flexibility index (Phi) is 13.1. The SMILES string of the molecule is CCCCOCCCC(CC(=O)OC(C)(C)C)C(=O)C#CC1CCC(CC(C)C)CC1. The molecule has 0 saturated heterocycles. The molecule has 1 unspecified atom stereocenters. The average molecular weight is 435 g/mol. The van der Waals surface area contributed by atoms with Crippen molar-refractivity contribution in [1.82, 2.24) is 0 Å². The molecule has 0 aromatic rings. The Morgan fingerprint density at radius 3 is 2.26 bits per heavy atom. The fourth-order valence-corrected chi connectivity index (χ4v) is 4.17. The molecule has 1 aliphatic rings. The van der Waals surface area contributed by atoms with Crippen LogP contribution in [0.15, 0.2) is 0 Å². The van der Waals surface area contributed by atoms with Crippen LogP contribution in [-0.2, 0) is 19.1 Å². The van der Waals surface area contributed by atoms with E-state index in [0.717, 1.165) is 50.5 Å². The minimum absolute atomic E-state index is 0.0981. The maximum atomic E-state index is 12.8. The zero-order valence-electron chi connectivity index (χ0n) is 20.9. The second-order valence-corrected chi connectivity index (χ2v) is 10.6. The highest BCUT2D eigenvalue weighted by molar-refractivity contribution is 5.99. The first-order valence-corrected chi connectivity index (χ1v) is 12.5. The minimum Gasteiger partial charge on any atom is -0.460 e. The van der Waals surface area contributed by atoms with Crippen LogP contribution in [0.3, 0.4) is 0 Å². The predicted octanol–water partition coefficient (Wildman–Crippen LogP) is 6.36. The van der Waals surface area contributed by atoms with Gasteiger partial charge in [0.2, 0.25) is 5.78 Å². The van der Waals surface area contributed by atoms with E-state index >= 15 is 0 Å². The molecule has 1 fully saturated rings. The lowest BCUT2D eigenvalue weighted by Crippen LogP contribution is -2.27. The molecule has 0 heterocycles. The topological polar surface area (TPSA) is 52.6 Å². The summed E-state index contributed by atoms with van der Waals surface area (Å²) in [6, 6.07) is 0. The second kappa shape index (κ2) is 14.7. The van der Waals surface area contributed by atoms with E-state index in [1.165, 1.54) is 19.3 Å². The third-order valence-electron chi connectivity index (χ3n) is 5.74. The lowest BCUT2D eigenvalue weighted by Gasteiger charge is -2.26. The van der Waals surface area contributed by atoms with Crippen LogP contribution in [0.5, 0.6) is 0 Å². The molecule has 0 amide bonds. The Labute approximate surface area is 191 Å². The summed E-state index contributed by atoms with van der Waals surface area (Å²) < 4.78 is 11.1. The lowest BCUT2D eigenvalue weighted by molar-refractivity contribution is -0.157. The van der Waals surface area contributed by atoms with Crippen LogP contribution in [0.4, 0.5) is 0 Å². The number of ether oxygens (including phenoxy) is 2. The zero-order chi connectivity index (χ0) is 23.3. The number of esters is 1. The van der Waals surface area contributed by atoms with Crippen LogP contribution in [0.1, 0.15) is 106 Å². The molecule has 0 N–H and O–H groups in total. The maximum absolute atomic E-state index is 12.8. The fraction of sp³-hybridized carbons (Fsp3) is 0.852. The molecule has 0 radical (unpaired) electrons. The van der Waals surface area contributed by atoms with Gasteiger partial charge in [0.1, 0.15) is 5.60 Å². The summed E-state index contributed by atoms with van der Waals surface area (Å²) in [6.07, 6.45) is 9.49. The summed E-state index contributed by atoms with van der Waals surface area (Å²) >= 11 is 0. The zero-order valence-corrected chi connectivity index (χ0v) is 20.9. The summed E-state index contributed by atoms with van der Waals surface area (Å²) in [6.45, 7) is 13.6. The van der Waals surface area contributed by atoms with Crippen molar-refractivity contribution in [3.8, 4) is 11.8 Å². The number of Topliss-reactive ketones (excluding diaryl/α,β-unsaturated/α-hetero) is 1. The molecular formula is C27H46O4. The highest BCUT2D eigenvalue weighted by atomic mass is 16.6. The minimum atomic E-state index is -0.547. The van der Waals surface area contributed by atoms with Gasteiger partial charge in [0.05, 0.1) is 6.42 Å². The molecule has 1 atom stereocenters. The second-order valence-electron chi connectivity index (χ2n) is 10.6. The van der Waals surface area contributed by atoms with Crippen LogP contribution in [0, 0.1) is 35.5 Å². The van der Waals surface area contributed by atoms with Gasteiger partial charge in [0, 0.05) is 25.0 Å². The fourth-order valence-electron chi connectivity index (χ4n) is 4.17. The maximum Gasteiger partial charge on any atom is 0.307 e. The summed E-state index contributed by atoms with van der Waals surface area (Å²) in [4.78, 5) is 25.2. The standard InChI is InChI=1S/C27H46O4/c1-7-8-17-30-18-9-10-24(20-26(29)31-27(4,5)6)25(28)16-15-22-11-13-23(14-12-22)19-21(2)3/h21-24H,7-14,17-20H2,1-6H3. The molecule has 0 aromatic carbocycles. The molecular weight excluding hydrogens is 388 g/mol. The molecule has 0 spiro atoms. The molecule has 0 aliphatic heterocycles. The van der Waals surface area contributed by atoms with Crippen molar-refractivity contribution < 1.29 is 19.1 Å². The highest BCUT2D eigenvalue weighted by Crippen LogP contribution is 2.32. The van der Waals surface area contributed by atoms with Gasteiger partial charge >= 0.3 is 5.97 Å². The van der Waals surface area contributed by atoms with Gasteiger partial charge in [-0.15, -0.1) is 0 Å². The van der Waals surface area contributed by atoms with E-state index in [1.54, 1.807) is 0 Å². The third kappa shape index (κ3) is 13.6. The molecule has 0 bridgehead atoms. The lowest BCUT2D eigenvalue weighted by atomic mass is 9.78. The Morgan fingerprint density at radius 2 is 1.68 bits per heavy atom. The van der Waals surface area contributed by atoms with E-state index in [0.29, 0.717) is 18.9 Å². The number of unbranched alkanes of at least 4 members (excludes halogenated alkanes) is 1. The van der Waals surface area contributed by atoms with Crippen molar-refractivity contribution in [2.24, 2.45) is 23.7 Å². The van der Waals surface area contributed by atoms with E-state index in [-0.39, 0.29) is 18.2 Å². The van der Waals surface area contributed by atoms with E-state index in [9.17, 15) is 9.59 Å². The Bertz CT molecular complexity index is 583. The Hall–Kier alpha value is -1.34. The van der Waals surface area contributed by atoms with Gasteiger partial charge < -0.3 is 9.47 Å². The average Bonchev–Trinajstić information content (AvgIpc) is 2.67. The quantitative estimate of drug-likeness (QED) is 0.155. The van der Waals surface area contributed by atoms with Crippen molar-refractivity contribution in [2.75, 3.05) is 13.2 Å². The van der Waals surface area contributed by atoms with Gasteiger partial charge in [-0.05, 0) is 89.9 Å². The summed E-state index contributed by atoms with van der Waals surface area (Å²) in [7, 11) is 0. The van der Waals surface area contributed by atoms with Crippen LogP contribution >= 0.6 is 0 Å². The molecule has 4 heteroatoms. The molecule has 4 nitrogen and oxygen atoms in total. The Morgan fingerprint density at radius 1 is 1.03 bits per heavy atom. The van der Waals surface area contributed by atoms with E-state index in [2.05, 4.69) is 32.6 Å². The highest BCUT2D eigenvalue weighted by Gasteiger charge is 2.25. The number of hydrogen-bond donors (Lipinski definition) is 0. The van der Waals surface area contributed by atoms with Crippen molar-refractivity contribution >= 4 is 11.8 Å². The summed E-state index contributed by atoms with van der Waals surface area (Å²) in [5.41, 5.74) is -0.547. The van der Waals surface area contributed by atoms with Crippen LogP contribution < -0.4 is 0 Å². The van der Waals surface area contributed by atoms with Crippen molar-refractivity contribution in [2.45, 2.75) is 111 Å². The van der Waals surface area contributed by atoms with E-state index in [1.807, 2.05) is 20.8 Å². The Balaban J connectivity index is 2.60. The van der Waals surface area contributed by atoms with Crippen molar-refractivity contribution in [3.05, 3.63) is 0 Å². The van der Waals surface area contributed by atoms with Gasteiger partial charge in [-0.2, -0.15) is 0 Å². The van der Waals surface area contributed by atoms with Gasteiger partial charge in [-0.1, -0.05) is 33.1 Å². The van der Waals surface area contributed by atoms with Crippen LogP contribution in [-0.4, -0.2) is 30.6 Å². The third-order valence-corrected chi connectivity index (χ3v) is 5.74. The molecule has 1 rings (SSSR count). The summed E-state index contributed by atoms with van der Waals surface area (Å²) in [5.74, 6) is 7.14. The number of rotatable bonds is 12. The van der Waals surface area contributed by atoms with E-state index < -0.39 is 11.5 Å². The largest absolute Gasteiger partial charge is 0.460 e. The van der Waals surface area contributed by atoms with E-state index in [4.69, 9.17) is 9.47 Å². The first kappa shape index (κ1) is 27.7. The van der Waals surface area contributed by atoms with Gasteiger partial charge in [-0.3, -0.25) is 9.59 Å². The van der Waals surface area contributed by atoms with Gasteiger partial charge in [0.25, 0.3) is 0 Å². The van der Waals surface area contributed by atoms with Crippen molar-refractivity contribution in [1.29, 1.82) is 0 Å². The predicted molar refractivity (Wildman–Crippen MR) is 127 cm³/mol. The molecule has 31 heavy (non-hydrogen) atoms. The smallest absolute Gasteiger partial charge is 0.307 e. The van der Waals surface area contributed by atoms with Gasteiger partial charge in [0.15, 0.2) is 0 Å². The molecule has 1 saturated carbocycles. The molecule has 1 aliphatic carbocycles. The summed E-state index contributed by atoms with van der Waals surface area (Å²) in [5, 5.41) is 0. The van der Waals surface area contributed by atoms with Crippen LogP contribution in [0.25, 0.3) is 0 Å². The number of carbonyl (C=O) groups is 2. The number of ketones is 1. The number of carbonyl (C=O) groups excluding carboxylic acids is 2. The van der Waals surface area contributed by atoms with Crippen LogP contribution in [0.2, 0.25) is 0 Å². The monoisotopic (exact) mass is 434 g/mol. The first-order chi connectivity index (χ1) is 14.6. The first-order valence-electron chi connectivity index (χ1n) is 12.5. The molecule has 0 aromatic heterocycles. The number of hydrogen-bond acceptors (Lipinski definition) is 4. The van der Waals surface area contributed by atoms with Gasteiger partial charge in [-0.25, -0.2) is 0 Å². The molecule has 178 valence electrons. The van der Waals surface area contributed by atoms with Crippen molar-refractivity contribution in [3.63, 3.8) is 0 Å². The normalized spacial score (nSPS) is 20.1.